The Kier molecular flexibility index (Phi) is 7.00. The molecule has 5 nitrogen and oxygen atoms in total. The first-order valence-corrected chi connectivity index (χ1v) is 8.49. The Bertz CT molecular complexity index is 841. The second-order valence-corrected chi connectivity index (χ2v) is 6.50. The smallest absolute Gasteiger partial charge is 0.244 e. The Morgan fingerprint density at radius 1 is 1.18 bits per heavy atom. The lowest BCUT2D eigenvalue weighted by molar-refractivity contribution is -1.22. The monoisotopic (exact) mass is 413 g/mol. The Hall–Kier alpha value is -2.62. The highest BCUT2D eigenvalue weighted by Gasteiger charge is 2.24. The molecule has 0 aliphatic carbocycles. The van der Waals surface area contributed by atoms with Gasteiger partial charge in [-0.2, -0.15) is 0 Å². The molecular weight excluding hydrogens is 393 g/mol. The van der Waals surface area contributed by atoms with E-state index in [2.05, 4.69) is 24.2 Å². The van der Waals surface area contributed by atoms with Gasteiger partial charge < -0.3 is 9.64 Å². The molecule has 0 saturated heterocycles. The van der Waals surface area contributed by atoms with Crippen molar-refractivity contribution in [2.24, 2.45) is 0 Å². The summed E-state index contributed by atoms with van der Waals surface area (Å²) in [7, 11) is 0. The van der Waals surface area contributed by atoms with Crippen LogP contribution in [0.15, 0.2) is 61.0 Å². The van der Waals surface area contributed by atoms with Gasteiger partial charge in [0.2, 0.25) is 10.2 Å². The van der Waals surface area contributed by atoms with Gasteiger partial charge in [0.15, 0.2) is 12.8 Å². The van der Waals surface area contributed by atoms with Crippen LogP contribution < -0.4 is 14.5 Å². The van der Waals surface area contributed by atoms with Crippen molar-refractivity contribution in [1.82, 2.24) is 0 Å². The van der Waals surface area contributed by atoms with Crippen LogP contribution in [0.5, 0.6) is 11.5 Å². The fourth-order valence-electron chi connectivity index (χ4n) is 2.27. The number of ether oxygens (including phenoxy) is 1. The van der Waals surface area contributed by atoms with Gasteiger partial charge in [0.1, 0.15) is 28.5 Å². The number of nitrogens with zero attached hydrogens (tertiary/aromatic N) is 2. The van der Waals surface area contributed by atoms with Crippen molar-refractivity contribution in [2.45, 2.75) is 20.5 Å². The summed E-state index contributed by atoms with van der Waals surface area (Å²) in [4.78, 5) is 5.94. The van der Waals surface area contributed by atoms with Gasteiger partial charge in [-0.25, -0.2) is 13.6 Å². The quantitative estimate of drug-likeness (QED) is 0.334. The van der Waals surface area contributed by atoms with Crippen LogP contribution in [0.1, 0.15) is 19.4 Å². The summed E-state index contributed by atoms with van der Waals surface area (Å²) >= 11 is 3.13. The van der Waals surface area contributed by atoms with Gasteiger partial charge in [-0.3, -0.25) is 0 Å². The molecule has 0 saturated carbocycles. The Balaban J connectivity index is 2.12. The Morgan fingerprint density at radius 3 is 2.18 bits per heavy atom. The van der Waals surface area contributed by atoms with Crippen LogP contribution in [0.4, 0.5) is 18.9 Å². The van der Waals surface area contributed by atoms with E-state index in [4.69, 9.17) is 9.94 Å². The van der Waals surface area contributed by atoms with Gasteiger partial charge in [-0.05, 0) is 50.2 Å². The molecule has 150 valence electrons. The van der Waals surface area contributed by atoms with Crippen molar-refractivity contribution < 1.29 is 32.5 Å². The summed E-state index contributed by atoms with van der Waals surface area (Å²) in [5, 5.41) is 8.77. The molecule has 2 aromatic rings. The number of thiol groups is 1. The van der Waals surface area contributed by atoms with Gasteiger partial charge in [0, 0.05) is 12.4 Å². The second-order valence-electron chi connectivity index (χ2n) is 6.01. The van der Waals surface area contributed by atoms with E-state index in [9.17, 15) is 13.3 Å². The van der Waals surface area contributed by atoms with Crippen LogP contribution >= 0.6 is 12.8 Å². The minimum Gasteiger partial charge on any atom is -0.489 e. The van der Waals surface area contributed by atoms with Crippen molar-refractivity contribution >= 4 is 18.5 Å². The van der Waals surface area contributed by atoms with Crippen LogP contribution in [-0.4, -0.2) is 9.64 Å². The molecule has 28 heavy (non-hydrogen) atoms. The standard InChI is InChI=1S/C19H20F3N2O3S/c1-4-23(11-13(2)3)14-9-18(20)17(19(21)10-14)12-26-15-5-7-16(8-6-15)27-24(22,25)28/h4-11,25,28H,1,12H2,2-3H3/q+1. The summed E-state index contributed by atoms with van der Waals surface area (Å²) in [6.45, 7) is 6.98. The zero-order chi connectivity index (χ0) is 20.9. The molecule has 0 bridgehead atoms. The number of rotatable bonds is 8. The van der Waals surface area contributed by atoms with Crippen LogP contribution in [0.25, 0.3) is 0 Å². The third-order valence-corrected chi connectivity index (χ3v) is 3.53. The van der Waals surface area contributed by atoms with Crippen LogP contribution in [0.3, 0.4) is 0 Å². The molecule has 0 aliphatic heterocycles. The number of halogens is 3. The predicted octanol–water partition coefficient (Wildman–Crippen LogP) is 5.65. The number of hydrogen-bond acceptors (Lipinski definition) is 5. The van der Waals surface area contributed by atoms with Crippen LogP contribution in [0.2, 0.25) is 0 Å². The summed E-state index contributed by atoms with van der Waals surface area (Å²) in [5.41, 5.74) is 0.985. The summed E-state index contributed by atoms with van der Waals surface area (Å²) in [6, 6.07) is 7.74. The van der Waals surface area contributed by atoms with Gasteiger partial charge >= 0.3 is 0 Å². The van der Waals surface area contributed by atoms with Crippen molar-refractivity contribution in [3.05, 3.63) is 78.1 Å². The van der Waals surface area contributed by atoms with Gasteiger partial charge in [0.05, 0.1) is 11.3 Å². The molecule has 0 amide bonds. The molecule has 1 unspecified atom stereocenters. The third kappa shape index (κ3) is 6.22. The molecule has 2 rings (SSSR count). The third-order valence-electron chi connectivity index (χ3n) is 3.45. The summed E-state index contributed by atoms with van der Waals surface area (Å²) < 4.78 is 44.5. The number of allylic oxidation sites excluding steroid dienone is 1. The minimum atomic E-state index is -2.49. The highest BCUT2D eigenvalue weighted by molar-refractivity contribution is 7.73. The first-order chi connectivity index (χ1) is 13.1. The summed E-state index contributed by atoms with van der Waals surface area (Å²) in [5.74, 6) is -1.29. The first kappa shape index (κ1) is 21.7. The van der Waals surface area contributed by atoms with E-state index < -0.39 is 16.1 Å². The number of hydrogen-bond donors (Lipinski definition) is 2. The van der Waals surface area contributed by atoms with Crippen LogP contribution in [0, 0.1) is 11.6 Å². The van der Waals surface area contributed by atoms with E-state index in [0.717, 1.165) is 5.57 Å². The maximum absolute atomic E-state index is 14.4. The number of quaternary nitrogens is 1. The summed E-state index contributed by atoms with van der Waals surface area (Å²) in [6.07, 6.45) is 3.14. The van der Waals surface area contributed by atoms with Gasteiger partial charge in [0.25, 0.3) is 0 Å². The van der Waals surface area contributed by atoms with E-state index in [1.165, 1.54) is 47.5 Å². The van der Waals surface area contributed by atoms with Gasteiger partial charge in [-0.1, -0.05) is 12.2 Å². The Morgan fingerprint density at radius 2 is 1.71 bits per heavy atom. The van der Waals surface area contributed by atoms with E-state index in [1.807, 2.05) is 13.8 Å². The average Bonchev–Trinajstić information content (AvgIpc) is 2.58. The normalized spacial score (nSPS) is 12.7. The topological polar surface area (TPSA) is 41.9 Å². The fraction of sp³-hybridized carbons (Fsp3) is 0.158. The lowest BCUT2D eigenvalue weighted by Crippen LogP contribution is -2.27. The largest absolute Gasteiger partial charge is 0.489 e. The lowest BCUT2D eigenvalue weighted by Gasteiger charge is -2.18. The molecular formula is C19H20F3N2O3S+. The second kappa shape index (κ2) is 9.05. The maximum atomic E-state index is 14.4. The molecule has 0 aromatic heterocycles. The molecule has 0 heterocycles. The van der Waals surface area contributed by atoms with E-state index in [0.29, 0.717) is 5.69 Å². The maximum Gasteiger partial charge on any atom is 0.244 e. The van der Waals surface area contributed by atoms with Crippen molar-refractivity contribution in [3.63, 3.8) is 0 Å². The zero-order valence-corrected chi connectivity index (χ0v) is 16.2. The Labute approximate surface area is 166 Å². The van der Waals surface area contributed by atoms with Crippen molar-refractivity contribution in [2.75, 3.05) is 4.90 Å². The van der Waals surface area contributed by atoms with E-state index in [1.54, 1.807) is 6.20 Å². The fourth-order valence-corrected chi connectivity index (χ4v) is 2.37. The van der Waals surface area contributed by atoms with E-state index in [-0.39, 0.29) is 23.7 Å². The van der Waals surface area contributed by atoms with Crippen molar-refractivity contribution in [3.8, 4) is 11.5 Å². The first-order valence-electron chi connectivity index (χ1n) is 8.09. The predicted molar refractivity (Wildman–Crippen MR) is 102 cm³/mol. The van der Waals surface area contributed by atoms with Crippen molar-refractivity contribution in [1.29, 1.82) is 0 Å². The molecule has 0 aliphatic rings. The SMILES string of the molecule is C=CN(C=C(C)C)c1cc(F)c(COc2ccc(O[N+](O)(F)S)cc2)c(F)c1. The van der Waals surface area contributed by atoms with Crippen LogP contribution in [-0.2, 0) is 6.61 Å². The molecule has 1 atom stereocenters. The highest BCUT2D eigenvalue weighted by Crippen LogP contribution is 2.26. The lowest BCUT2D eigenvalue weighted by atomic mass is 10.1. The van der Waals surface area contributed by atoms with E-state index >= 15 is 0 Å². The minimum absolute atomic E-state index is 0.0298. The zero-order valence-electron chi connectivity index (χ0n) is 15.3. The molecule has 0 spiro atoms. The van der Waals surface area contributed by atoms with Gasteiger partial charge in [-0.15, -0.1) is 5.21 Å². The molecule has 9 heteroatoms. The molecule has 2 aromatic carbocycles. The molecule has 0 radical (unpaired) electrons. The number of benzene rings is 2. The highest BCUT2D eigenvalue weighted by atomic mass is 32.1. The molecule has 0 fully saturated rings. The average molecular weight is 413 g/mol. The number of anilines is 1. The molecule has 1 N–H and O–H groups in total.